The summed E-state index contributed by atoms with van der Waals surface area (Å²) in [5, 5.41) is 1.11. The highest BCUT2D eigenvalue weighted by molar-refractivity contribution is 6.37. The van der Waals surface area contributed by atoms with Gasteiger partial charge in [-0.3, -0.25) is 4.90 Å². The lowest BCUT2D eigenvalue weighted by atomic mass is 9.80. The van der Waals surface area contributed by atoms with Crippen molar-refractivity contribution in [2.75, 3.05) is 26.2 Å². The molecule has 1 unspecified atom stereocenters. The Morgan fingerprint density at radius 1 is 1.33 bits per heavy atom. The zero-order chi connectivity index (χ0) is 14.8. The molecule has 0 radical (unpaired) electrons. The van der Waals surface area contributed by atoms with Crippen LogP contribution in [0.2, 0.25) is 10.0 Å². The van der Waals surface area contributed by atoms with Crippen LogP contribution in [0.3, 0.4) is 0 Å². The Morgan fingerprint density at radius 3 is 2.52 bits per heavy atom. The summed E-state index contributed by atoms with van der Waals surface area (Å²) in [7, 11) is 0. The molecule has 1 aromatic carbocycles. The second-order valence-electron chi connectivity index (χ2n) is 6.06. The van der Waals surface area contributed by atoms with Crippen LogP contribution >= 0.6 is 35.6 Å². The van der Waals surface area contributed by atoms with E-state index in [-0.39, 0.29) is 23.9 Å². The SMILES string of the molecule is CC1(C)CN(CCOc2c(Cl)cccc2Cl)CCC1N.Cl. The quantitative estimate of drug-likeness (QED) is 0.893. The molecule has 1 heterocycles. The number of nitrogens with zero attached hydrogens (tertiary/aromatic N) is 1. The van der Waals surface area contributed by atoms with Gasteiger partial charge in [-0.05, 0) is 30.5 Å². The molecule has 1 saturated heterocycles. The van der Waals surface area contributed by atoms with Gasteiger partial charge in [0.2, 0.25) is 0 Å². The van der Waals surface area contributed by atoms with Gasteiger partial charge < -0.3 is 10.5 Å². The van der Waals surface area contributed by atoms with E-state index in [1.54, 1.807) is 12.1 Å². The molecule has 6 heteroatoms. The minimum absolute atomic E-state index is 0. The molecular weight excluding hydrogens is 331 g/mol. The van der Waals surface area contributed by atoms with Crippen LogP contribution in [-0.2, 0) is 0 Å². The Kier molecular flexibility index (Phi) is 7.08. The fourth-order valence-electron chi connectivity index (χ4n) is 2.57. The van der Waals surface area contributed by atoms with Gasteiger partial charge in [0.25, 0.3) is 0 Å². The largest absolute Gasteiger partial charge is 0.489 e. The van der Waals surface area contributed by atoms with E-state index in [4.69, 9.17) is 33.7 Å². The molecule has 2 rings (SSSR count). The minimum Gasteiger partial charge on any atom is -0.489 e. The van der Waals surface area contributed by atoms with E-state index in [9.17, 15) is 0 Å². The fourth-order valence-corrected chi connectivity index (χ4v) is 3.08. The van der Waals surface area contributed by atoms with Gasteiger partial charge >= 0.3 is 0 Å². The van der Waals surface area contributed by atoms with Gasteiger partial charge in [0, 0.05) is 19.1 Å². The number of halogens is 3. The smallest absolute Gasteiger partial charge is 0.156 e. The van der Waals surface area contributed by atoms with Crippen molar-refractivity contribution in [3.63, 3.8) is 0 Å². The molecule has 0 aromatic heterocycles. The number of likely N-dealkylation sites (tertiary alicyclic amines) is 1. The first-order valence-electron chi connectivity index (χ1n) is 6.95. The van der Waals surface area contributed by atoms with Crippen LogP contribution in [0, 0.1) is 5.41 Å². The summed E-state index contributed by atoms with van der Waals surface area (Å²) in [5.41, 5.74) is 6.29. The molecule has 1 atom stereocenters. The summed E-state index contributed by atoms with van der Waals surface area (Å²) < 4.78 is 5.73. The minimum atomic E-state index is 0. The summed E-state index contributed by atoms with van der Waals surface area (Å²) >= 11 is 12.2. The van der Waals surface area contributed by atoms with E-state index < -0.39 is 0 Å². The van der Waals surface area contributed by atoms with Gasteiger partial charge in [-0.1, -0.05) is 43.1 Å². The highest BCUT2D eigenvalue weighted by Gasteiger charge is 2.33. The number of rotatable bonds is 4. The van der Waals surface area contributed by atoms with Crippen molar-refractivity contribution in [1.82, 2.24) is 4.90 Å². The molecule has 1 aliphatic rings. The number of hydrogen-bond acceptors (Lipinski definition) is 3. The lowest BCUT2D eigenvalue weighted by Gasteiger charge is -2.42. The molecule has 3 nitrogen and oxygen atoms in total. The van der Waals surface area contributed by atoms with Crippen LogP contribution < -0.4 is 10.5 Å². The van der Waals surface area contributed by atoms with Crippen LogP contribution in [0.5, 0.6) is 5.75 Å². The lowest BCUT2D eigenvalue weighted by Crippen LogP contribution is -2.53. The third-order valence-electron chi connectivity index (χ3n) is 3.96. The molecule has 21 heavy (non-hydrogen) atoms. The second-order valence-corrected chi connectivity index (χ2v) is 6.87. The molecule has 1 aliphatic heterocycles. The monoisotopic (exact) mass is 352 g/mol. The van der Waals surface area contributed by atoms with Crippen molar-refractivity contribution in [2.45, 2.75) is 26.3 Å². The van der Waals surface area contributed by atoms with E-state index in [2.05, 4.69) is 18.7 Å². The van der Waals surface area contributed by atoms with Crippen LogP contribution in [0.25, 0.3) is 0 Å². The number of benzene rings is 1. The van der Waals surface area contributed by atoms with Crippen molar-refractivity contribution < 1.29 is 4.74 Å². The predicted octanol–water partition coefficient (Wildman–Crippen LogP) is 3.85. The van der Waals surface area contributed by atoms with Gasteiger partial charge in [0.1, 0.15) is 6.61 Å². The zero-order valence-corrected chi connectivity index (χ0v) is 14.8. The normalized spacial score (nSPS) is 21.7. The summed E-state index contributed by atoms with van der Waals surface area (Å²) in [6.45, 7) is 7.88. The molecule has 0 aliphatic carbocycles. The van der Waals surface area contributed by atoms with E-state index in [1.807, 2.05) is 6.07 Å². The third kappa shape index (κ3) is 4.90. The Labute approximate surface area is 143 Å². The Hall–Kier alpha value is -0.190. The summed E-state index contributed by atoms with van der Waals surface area (Å²) in [5.74, 6) is 0.573. The standard InChI is InChI=1S/C15H22Cl2N2O.ClH/c1-15(2)10-19(7-6-13(15)18)8-9-20-14-11(16)4-3-5-12(14)17;/h3-5,13H,6-10,18H2,1-2H3;1H. The number of ether oxygens (including phenoxy) is 1. The van der Waals surface area contributed by atoms with Crippen LogP contribution in [0.4, 0.5) is 0 Å². The Bertz CT molecular complexity index is 448. The van der Waals surface area contributed by atoms with E-state index in [0.717, 1.165) is 26.1 Å². The van der Waals surface area contributed by atoms with Gasteiger partial charge in [0.15, 0.2) is 5.75 Å². The Balaban J connectivity index is 0.00000220. The first-order valence-corrected chi connectivity index (χ1v) is 7.70. The molecule has 1 fully saturated rings. The summed E-state index contributed by atoms with van der Waals surface area (Å²) in [4.78, 5) is 2.38. The van der Waals surface area contributed by atoms with Crippen molar-refractivity contribution >= 4 is 35.6 Å². The maximum Gasteiger partial charge on any atom is 0.156 e. The topological polar surface area (TPSA) is 38.5 Å². The number of hydrogen-bond donors (Lipinski definition) is 1. The summed E-state index contributed by atoms with van der Waals surface area (Å²) in [6, 6.07) is 5.65. The van der Waals surface area contributed by atoms with Crippen LogP contribution in [0.15, 0.2) is 18.2 Å². The van der Waals surface area contributed by atoms with E-state index >= 15 is 0 Å². The lowest BCUT2D eigenvalue weighted by molar-refractivity contribution is 0.0831. The predicted molar refractivity (Wildman–Crippen MR) is 92.0 cm³/mol. The molecule has 1 aromatic rings. The first kappa shape index (κ1) is 18.9. The Morgan fingerprint density at radius 2 is 1.95 bits per heavy atom. The average molecular weight is 354 g/mol. The summed E-state index contributed by atoms with van der Waals surface area (Å²) in [6.07, 6.45) is 1.03. The van der Waals surface area contributed by atoms with E-state index in [0.29, 0.717) is 22.4 Å². The number of nitrogens with two attached hydrogens (primary N) is 1. The maximum absolute atomic E-state index is 6.14. The molecule has 120 valence electrons. The van der Waals surface area contributed by atoms with Gasteiger partial charge in [0.05, 0.1) is 10.0 Å². The number of para-hydroxylation sites is 1. The maximum atomic E-state index is 6.14. The molecular formula is C15H23Cl3N2O. The van der Waals surface area contributed by atoms with Gasteiger partial charge in [-0.25, -0.2) is 0 Å². The highest BCUT2D eigenvalue weighted by Crippen LogP contribution is 2.32. The van der Waals surface area contributed by atoms with Crippen LogP contribution in [-0.4, -0.2) is 37.2 Å². The highest BCUT2D eigenvalue weighted by atomic mass is 35.5. The molecule has 0 spiro atoms. The van der Waals surface area contributed by atoms with Gasteiger partial charge in [-0.2, -0.15) is 0 Å². The van der Waals surface area contributed by atoms with Crippen molar-refractivity contribution in [2.24, 2.45) is 11.1 Å². The van der Waals surface area contributed by atoms with E-state index in [1.165, 1.54) is 0 Å². The van der Waals surface area contributed by atoms with Crippen molar-refractivity contribution in [3.05, 3.63) is 28.2 Å². The fraction of sp³-hybridized carbons (Fsp3) is 0.600. The zero-order valence-electron chi connectivity index (χ0n) is 12.4. The molecule has 0 saturated carbocycles. The van der Waals surface area contributed by atoms with Gasteiger partial charge in [-0.15, -0.1) is 12.4 Å². The number of piperidine rings is 1. The molecule has 0 amide bonds. The molecule has 0 bridgehead atoms. The van der Waals surface area contributed by atoms with Crippen molar-refractivity contribution in [3.8, 4) is 5.75 Å². The second kappa shape index (κ2) is 7.89. The first-order chi connectivity index (χ1) is 9.40. The molecule has 2 N–H and O–H groups in total. The third-order valence-corrected chi connectivity index (χ3v) is 4.56. The van der Waals surface area contributed by atoms with Crippen molar-refractivity contribution in [1.29, 1.82) is 0 Å². The average Bonchev–Trinajstić information content (AvgIpc) is 2.37. The van der Waals surface area contributed by atoms with Crippen LogP contribution in [0.1, 0.15) is 20.3 Å².